The molecule has 0 aliphatic carbocycles. The molecule has 0 bridgehead atoms. The number of nitrogens with zero attached hydrogens (tertiary/aromatic N) is 4. The maximum absolute atomic E-state index is 5.61. The zero-order valence-corrected chi connectivity index (χ0v) is 11.4. The average Bonchev–Trinajstić information content (AvgIpc) is 2.47. The van der Waals surface area contributed by atoms with Gasteiger partial charge in [-0.1, -0.05) is 0 Å². The third-order valence-corrected chi connectivity index (χ3v) is 3.44. The Morgan fingerprint density at radius 2 is 2.25 bits per heavy atom. The second-order valence-electron chi connectivity index (χ2n) is 4.89. The minimum absolute atomic E-state index is 0.356. The minimum Gasteiger partial charge on any atom is -0.495 e. The summed E-state index contributed by atoms with van der Waals surface area (Å²) in [6, 6.07) is 2.02. The van der Waals surface area contributed by atoms with Gasteiger partial charge in [0.1, 0.15) is 5.75 Å². The summed E-state index contributed by atoms with van der Waals surface area (Å²) in [5.41, 5.74) is 8.98. The predicted molar refractivity (Wildman–Crippen MR) is 75.1 cm³/mol. The number of rotatable bonds is 3. The number of hydrogen-bond acceptors (Lipinski definition) is 6. The number of fused-ring (bicyclic) bond motifs is 1. The quantitative estimate of drug-likeness (QED) is 0.898. The van der Waals surface area contributed by atoms with Gasteiger partial charge in [0.05, 0.1) is 19.0 Å². The van der Waals surface area contributed by atoms with E-state index in [0.717, 1.165) is 48.6 Å². The summed E-state index contributed by atoms with van der Waals surface area (Å²) in [5.74, 6) is 1.14. The normalized spacial score (nSPS) is 14.8. The van der Waals surface area contributed by atoms with Gasteiger partial charge in [-0.25, -0.2) is 9.97 Å². The molecule has 0 fully saturated rings. The van der Waals surface area contributed by atoms with Gasteiger partial charge in [-0.3, -0.25) is 9.88 Å². The molecule has 0 atom stereocenters. The molecule has 1 aliphatic rings. The van der Waals surface area contributed by atoms with Crippen LogP contribution >= 0.6 is 0 Å². The fraction of sp³-hybridized carbons (Fsp3) is 0.357. The third-order valence-electron chi connectivity index (χ3n) is 3.44. The van der Waals surface area contributed by atoms with Crippen molar-refractivity contribution in [3.8, 4) is 5.75 Å². The Bertz CT molecular complexity index is 616. The Morgan fingerprint density at radius 3 is 3.10 bits per heavy atom. The van der Waals surface area contributed by atoms with Gasteiger partial charge in [-0.05, 0) is 11.6 Å². The molecule has 3 heterocycles. The number of hydrogen-bond donors (Lipinski definition) is 1. The van der Waals surface area contributed by atoms with Crippen molar-refractivity contribution in [1.82, 2.24) is 19.9 Å². The highest BCUT2D eigenvalue weighted by molar-refractivity contribution is 5.28. The second kappa shape index (κ2) is 5.42. The van der Waals surface area contributed by atoms with Crippen molar-refractivity contribution in [3.05, 3.63) is 41.5 Å². The highest BCUT2D eigenvalue weighted by atomic mass is 16.5. The lowest BCUT2D eigenvalue weighted by atomic mass is 10.1. The number of methoxy groups -OCH3 is 1. The zero-order chi connectivity index (χ0) is 13.9. The summed E-state index contributed by atoms with van der Waals surface area (Å²) in [6.45, 7) is 2.64. The molecule has 2 aromatic heterocycles. The van der Waals surface area contributed by atoms with Gasteiger partial charge in [0.2, 0.25) is 5.95 Å². The highest BCUT2D eigenvalue weighted by Gasteiger charge is 2.18. The van der Waals surface area contributed by atoms with Crippen LogP contribution in [0.3, 0.4) is 0 Å². The fourth-order valence-corrected chi connectivity index (χ4v) is 2.45. The first kappa shape index (κ1) is 12.8. The molecular weight excluding hydrogens is 254 g/mol. The smallest absolute Gasteiger partial charge is 0.220 e. The summed E-state index contributed by atoms with van der Waals surface area (Å²) in [4.78, 5) is 14.9. The number of anilines is 1. The maximum atomic E-state index is 5.61. The maximum Gasteiger partial charge on any atom is 0.220 e. The number of pyridine rings is 1. The molecule has 2 aromatic rings. The van der Waals surface area contributed by atoms with Gasteiger partial charge in [0.15, 0.2) is 0 Å². The SMILES string of the molecule is COc1cncc(CN2CCc3nc(N)ncc3C2)c1. The van der Waals surface area contributed by atoms with Crippen molar-refractivity contribution < 1.29 is 4.74 Å². The van der Waals surface area contributed by atoms with E-state index in [-0.39, 0.29) is 0 Å². The van der Waals surface area contributed by atoms with Crippen LogP contribution < -0.4 is 10.5 Å². The van der Waals surface area contributed by atoms with Gasteiger partial charge < -0.3 is 10.5 Å². The first-order valence-corrected chi connectivity index (χ1v) is 6.55. The topological polar surface area (TPSA) is 77.2 Å². The molecular formula is C14H17N5O. The Kier molecular flexibility index (Phi) is 3.47. The van der Waals surface area contributed by atoms with Gasteiger partial charge in [0, 0.05) is 44.0 Å². The Labute approximate surface area is 117 Å². The Hall–Kier alpha value is -2.21. The van der Waals surface area contributed by atoms with Gasteiger partial charge in [0.25, 0.3) is 0 Å². The van der Waals surface area contributed by atoms with E-state index in [2.05, 4.69) is 19.9 Å². The summed E-state index contributed by atoms with van der Waals surface area (Å²) in [5, 5.41) is 0. The summed E-state index contributed by atoms with van der Waals surface area (Å²) >= 11 is 0. The van der Waals surface area contributed by atoms with Crippen molar-refractivity contribution in [1.29, 1.82) is 0 Å². The van der Waals surface area contributed by atoms with Crippen molar-refractivity contribution in [2.75, 3.05) is 19.4 Å². The van der Waals surface area contributed by atoms with Crippen LogP contribution in [-0.4, -0.2) is 33.5 Å². The molecule has 1 aliphatic heterocycles. The monoisotopic (exact) mass is 271 g/mol. The third kappa shape index (κ3) is 2.70. The summed E-state index contributed by atoms with van der Waals surface area (Å²) < 4.78 is 5.20. The second-order valence-corrected chi connectivity index (χ2v) is 4.89. The van der Waals surface area contributed by atoms with Crippen LogP contribution in [0.15, 0.2) is 24.7 Å². The van der Waals surface area contributed by atoms with E-state index in [1.165, 1.54) is 0 Å². The largest absolute Gasteiger partial charge is 0.495 e. The summed E-state index contributed by atoms with van der Waals surface area (Å²) in [7, 11) is 1.65. The highest BCUT2D eigenvalue weighted by Crippen LogP contribution is 2.20. The van der Waals surface area contributed by atoms with E-state index in [1.807, 2.05) is 18.5 Å². The van der Waals surface area contributed by atoms with Crippen molar-refractivity contribution >= 4 is 5.95 Å². The lowest BCUT2D eigenvalue weighted by Crippen LogP contribution is -2.31. The molecule has 6 nitrogen and oxygen atoms in total. The number of nitrogen functional groups attached to an aromatic ring is 1. The fourth-order valence-electron chi connectivity index (χ4n) is 2.45. The molecule has 2 N–H and O–H groups in total. The molecule has 0 saturated heterocycles. The predicted octanol–water partition coefficient (Wildman–Crippen LogP) is 1.02. The average molecular weight is 271 g/mol. The van der Waals surface area contributed by atoms with Gasteiger partial charge in [-0.15, -0.1) is 0 Å². The molecule has 20 heavy (non-hydrogen) atoms. The van der Waals surface area contributed by atoms with E-state index in [1.54, 1.807) is 13.3 Å². The molecule has 0 radical (unpaired) electrons. The number of ether oxygens (including phenoxy) is 1. The van der Waals surface area contributed by atoms with Crippen LogP contribution in [0.25, 0.3) is 0 Å². The lowest BCUT2D eigenvalue weighted by molar-refractivity contribution is 0.242. The lowest BCUT2D eigenvalue weighted by Gasteiger charge is -2.27. The first-order valence-electron chi connectivity index (χ1n) is 6.55. The van der Waals surface area contributed by atoms with Crippen LogP contribution in [0.5, 0.6) is 5.75 Å². The zero-order valence-electron chi connectivity index (χ0n) is 11.4. The minimum atomic E-state index is 0.356. The number of nitrogens with two attached hydrogens (primary N) is 1. The van der Waals surface area contributed by atoms with Crippen LogP contribution in [0.1, 0.15) is 16.8 Å². The standard InChI is InChI=1S/C14H17N5O/c1-20-12-4-10(5-16-7-12)8-19-3-2-13-11(9-19)6-17-14(15)18-13/h4-7H,2-3,8-9H2,1H3,(H2,15,17,18). The van der Waals surface area contributed by atoms with Gasteiger partial charge in [-0.2, -0.15) is 0 Å². The van der Waals surface area contributed by atoms with E-state index >= 15 is 0 Å². The number of aromatic nitrogens is 3. The van der Waals surface area contributed by atoms with E-state index in [0.29, 0.717) is 5.95 Å². The molecule has 0 aromatic carbocycles. The van der Waals surface area contributed by atoms with E-state index in [9.17, 15) is 0 Å². The van der Waals surface area contributed by atoms with Crippen molar-refractivity contribution in [2.24, 2.45) is 0 Å². The Morgan fingerprint density at radius 1 is 1.35 bits per heavy atom. The van der Waals surface area contributed by atoms with Crippen LogP contribution in [0, 0.1) is 0 Å². The van der Waals surface area contributed by atoms with E-state index in [4.69, 9.17) is 10.5 Å². The van der Waals surface area contributed by atoms with Crippen molar-refractivity contribution in [3.63, 3.8) is 0 Å². The van der Waals surface area contributed by atoms with Crippen molar-refractivity contribution in [2.45, 2.75) is 19.5 Å². The van der Waals surface area contributed by atoms with Crippen LogP contribution in [0.4, 0.5) is 5.95 Å². The molecule has 104 valence electrons. The molecule has 6 heteroatoms. The molecule has 0 saturated carbocycles. The Balaban J connectivity index is 1.72. The summed E-state index contributed by atoms with van der Waals surface area (Å²) in [6.07, 6.45) is 6.32. The van der Waals surface area contributed by atoms with Crippen LogP contribution in [-0.2, 0) is 19.5 Å². The molecule has 0 amide bonds. The molecule has 0 unspecified atom stereocenters. The van der Waals surface area contributed by atoms with Gasteiger partial charge >= 0.3 is 0 Å². The molecule has 3 rings (SSSR count). The molecule has 0 spiro atoms. The first-order chi connectivity index (χ1) is 9.74. The van der Waals surface area contributed by atoms with Crippen LogP contribution in [0.2, 0.25) is 0 Å². The van der Waals surface area contributed by atoms with E-state index < -0.39 is 0 Å².